The number of allylic oxidation sites excluding steroid dienone is 1. The Balaban J connectivity index is 1.77. The predicted octanol–water partition coefficient (Wildman–Crippen LogP) is 5.60. The van der Waals surface area contributed by atoms with E-state index in [9.17, 15) is 8.42 Å². The van der Waals surface area contributed by atoms with Crippen molar-refractivity contribution in [3.8, 4) is 0 Å². The number of fused-ring (bicyclic) bond motifs is 3. The molecule has 5 heteroatoms. The Morgan fingerprint density at radius 1 is 0.903 bits per heavy atom. The molecule has 4 rings (SSSR count). The summed E-state index contributed by atoms with van der Waals surface area (Å²) in [5, 5.41) is 2.46. The third-order valence-corrected chi connectivity index (χ3v) is 6.83. The second-order valence-electron chi connectivity index (χ2n) is 8.58. The molecule has 0 aliphatic carbocycles. The number of hydrogen-bond acceptors (Lipinski definition) is 2. The van der Waals surface area contributed by atoms with Crippen LogP contribution in [0.25, 0.3) is 16.8 Å². The Labute approximate surface area is 184 Å². The molecule has 0 saturated carbocycles. The third kappa shape index (κ3) is 4.48. The van der Waals surface area contributed by atoms with E-state index >= 15 is 0 Å². The van der Waals surface area contributed by atoms with Crippen molar-refractivity contribution in [3.05, 3.63) is 83.9 Å². The van der Waals surface area contributed by atoms with Crippen LogP contribution in [-0.4, -0.2) is 35.6 Å². The zero-order valence-electron chi connectivity index (χ0n) is 18.0. The maximum Gasteiger partial charge on any atom is 0.264 e. The van der Waals surface area contributed by atoms with E-state index in [2.05, 4.69) is 79.1 Å². The maximum atomic E-state index is 11.1. The van der Waals surface area contributed by atoms with Crippen LogP contribution in [0, 0.1) is 0 Å². The van der Waals surface area contributed by atoms with E-state index in [0.717, 1.165) is 5.56 Å². The van der Waals surface area contributed by atoms with Gasteiger partial charge >= 0.3 is 0 Å². The molecule has 0 atom stereocenters. The molecule has 0 aromatic heterocycles. The molecular weight excluding hydrogens is 406 g/mol. The Bertz CT molecular complexity index is 1270. The lowest BCUT2D eigenvalue weighted by molar-refractivity contribution is -0.438. The molecular formula is C26H28NO3S+. The van der Waals surface area contributed by atoms with E-state index in [1.54, 1.807) is 0 Å². The molecule has 3 aromatic rings. The maximum absolute atomic E-state index is 11.1. The van der Waals surface area contributed by atoms with Crippen molar-refractivity contribution >= 4 is 38.4 Å². The van der Waals surface area contributed by atoms with E-state index < -0.39 is 10.1 Å². The molecule has 1 aliphatic heterocycles. The van der Waals surface area contributed by atoms with Crippen LogP contribution in [0.4, 0.5) is 5.69 Å². The zero-order valence-corrected chi connectivity index (χ0v) is 18.8. The molecule has 0 spiro atoms. The topological polar surface area (TPSA) is 57.4 Å². The van der Waals surface area contributed by atoms with Gasteiger partial charge < -0.3 is 0 Å². The number of benzene rings is 3. The lowest BCUT2D eigenvalue weighted by Gasteiger charge is -2.17. The first kappa shape index (κ1) is 21.5. The van der Waals surface area contributed by atoms with Crippen molar-refractivity contribution in [1.82, 2.24) is 0 Å². The smallest absolute Gasteiger partial charge is 0.264 e. The van der Waals surface area contributed by atoms with Gasteiger partial charge in [0.05, 0.1) is 11.2 Å². The van der Waals surface area contributed by atoms with Gasteiger partial charge in [-0.05, 0) is 48.7 Å². The van der Waals surface area contributed by atoms with Crippen molar-refractivity contribution < 1.29 is 17.5 Å². The first-order valence-corrected chi connectivity index (χ1v) is 12.2. The highest BCUT2D eigenvalue weighted by Gasteiger charge is 2.45. The van der Waals surface area contributed by atoms with Gasteiger partial charge in [-0.2, -0.15) is 13.0 Å². The summed E-state index contributed by atoms with van der Waals surface area (Å²) >= 11 is 0. The summed E-state index contributed by atoms with van der Waals surface area (Å²) in [6.07, 6.45) is 5.42. The van der Waals surface area contributed by atoms with Crippen LogP contribution in [-0.2, 0) is 15.5 Å². The van der Waals surface area contributed by atoms with E-state index in [-0.39, 0.29) is 11.2 Å². The van der Waals surface area contributed by atoms with Gasteiger partial charge in [0.25, 0.3) is 10.1 Å². The van der Waals surface area contributed by atoms with Crippen LogP contribution in [0.15, 0.2) is 72.8 Å². The second-order valence-corrected chi connectivity index (χ2v) is 10.2. The lowest BCUT2D eigenvalue weighted by atomic mass is 9.79. The summed E-state index contributed by atoms with van der Waals surface area (Å²) in [7, 11) is -3.93. The summed E-state index contributed by atoms with van der Waals surface area (Å²) in [5.74, 6) is -0.204. The average Bonchev–Trinajstić information content (AvgIpc) is 2.96. The van der Waals surface area contributed by atoms with Crippen molar-refractivity contribution in [2.75, 3.05) is 12.3 Å². The molecule has 0 saturated heterocycles. The molecule has 0 fully saturated rings. The Morgan fingerprint density at radius 2 is 1.61 bits per heavy atom. The Kier molecular flexibility index (Phi) is 5.82. The summed E-state index contributed by atoms with van der Waals surface area (Å²) in [5.41, 5.74) is 4.59. The summed E-state index contributed by atoms with van der Waals surface area (Å²) in [6.45, 7) is 5.20. The van der Waals surface area contributed by atoms with Crippen molar-refractivity contribution in [2.45, 2.75) is 32.1 Å². The largest absolute Gasteiger partial charge is 0.286 e. The van der Waals surface area contributed by atoms with Gasteiger partial charge in [-0.25, -0.2) is 0 Å². The molecule has 31 heavy (non-hydrogen) atoms. The lowest BCUT2D eigenvalue weighted by Crippen LogP contribution is -2.28. The normalized spacial score (nSPS) is 15.7. The van der Waals surface area contributed by atoms with E-state index in [4.69, 9.17) is 4.55 Å². The number of nitrogens with zero attached hydrogens (tertiary/aromatic N) is 1. The van der Waals surface area contributed by atoms with Gasteiger partial charge in [0.2, 0.25) is 5.69 Å². The molecule has 160 valence electrons. The van der Waals surface area contributed by atoms with Crippen molar-refractivity contribution in [3.63, 3.8) is 0 Å². The quantitative estimate of drug-likeness (QED) is 0.299. The highest BCUT2D eigenvalue weighted by atomic mass is 32.2. The second kappa shape index (κ2) is 8.40. The minimum atomic E-state index is -3.93. The van der Waals surface area contributed by atoms with Crippen LogP contribution >= 0.6 is 0 Å². The van der Waals surface area contributed by atoms with Gasteiger partial charge in [0, 0.05) is 24.1 Å². The van der Waals surface area contributed by atoms with Gasteiger partial charge in [-0.1, -0.05) is 54.6 Å². The molecule has 0 unspecified atom stereocenters. The summed E-state index contributed by atoms with van der Waals surface area (Å²) in [6, 6.07) is 23.0. The minimum Gasteiger partial charge on any atom is -0.286 e. The van der Waals surface area contributed by atoms with Crippen LogP contribution < -0.4 is 0 Å². The van der Waals surface area contributed by atoms with E-state index in [0.29, 0.717) is 19.4 Å². The SMILES string of the molecule is CC1(C)C(/C=C/c2ccccc2)=[N+](CCCCS(=O)(=O)O)c2ccc3ccccc3c21. The Hall–Kier alpha value is -2.76. The van der Waals surface area contributed by atoms with Crippen molar-refractivity contribution in [2.24, 2.45) is 0 Å². The summed E-state index contributed by atoms with van der Waals surface area (Å²) < 4.78 is 33.6. The number of rotatable bonds is 7. The molecule has 1 heterocycles. The number of unbranched alkanes of at least 4 members (excludes halogenated alkanes) is 1. The monoisotopic (exact) mass is 434 g/mol. The molecule has 0 amide bonds. The molecule has 4 nitrogen and oxygen atoms in total. The van der Waals surface area contributed by atoms with Crippen LogP contribution in [0.5, 0.6) is 0 Å². The van der Waals surface area contributed by atoms with E-state index in [1.165, 1.54) is 27.7 Å². The summed E-state index contributed by atoms with van der Waals surface area (Å²) in [4.78, 5) is 0. The zero-order chi connectivity index (χ0) is 22.1. The molecule has 1 aliphatic rings. The van der Waals surface area contributed by atoms with Gasteiger partial charge in [0.15, 0.2) is 5.71 Å². The fourth-order valence-corrected chi connectivity index (χ4v) is 5.14. The third-order valence-electron chi connectivity index (χ3n) is 6.02. The molecule has 3 aromatic carbocycles. The highest BCUT2D eigenvalue weighted by molar-refractivity contribution is 7.85. The fourth-order valence-electron chi connectivity index (χ4n) is 4.57. The first-order chi connectivity index (χ1) is 14.8. The van der Waals surface area contributed by atoms with Crippen LogP contribution in [0.1, 0.15) is 37.8 Å². The highest BCUT2D eigenvalue weighted by Crippen LogP contribution is 2.44. The molecule has 0 radical (unpaired) electrons. The van der Waals surface area contributed by atoms with Crippen LogP contribution in [0.3, 0.4) is 0 Å². The molecule has 0 bridgehead atoms. The standard InChI is InChI=1S/C26H27NO3S/c1-26(2)24(17-14-20-10-4-3-5-11-20)27(18-8-9-19-31(28,29)30)23-16-15-21-12-6-7-13-22(21)25(23)26/h3-7,10-17H,8-9,18-19H2,1-2H3/p+1/b17-14+. The van der Waals surface area contributed by atoms with Gasteiger partial charge in [-0.15, -0.1) is 0 Å². The fraction of sp³-hybridized carbons (Fsp3) is 0.269. The minimum absolute atomic E-state index is 0.204. The van der Waals surface area contributed by atoms with Gasteiger partial charge in [-0.3, -0.25) is 4.55 Å². The van der Waals surface area contributed by atoms with E-state index in [1.807, 2.05) is 18.2 Å². The average molecular weight is 435 g/mol. The Morgan fingerprint density at radius 3 is 2.35 bits per heavy atom. The number of hydrogen-bond donors (Lipinski definition) is 1. The first-order valence-electron chi connectivity index (χ1n) is 10.6. The molecule has 1 N–H and O–H groups in total. The van der Waals surface area contributed by atoms with Crippen molar-refractivity contribution in [1.29, 1.82) is 0 Å². The van der Waals surface area contributed by atoms with Crippen LogP contribution in [0.2, 0.25) is 0 Å². The van der Waals surface area contributed by atoms with Gasteiger partial charge in [0.1, 0.15) is 6.54 Å². The predicted molar refractivity (Wildman–Crippen MR) is 128 cm³/mol.